The molecule has 1 aliphatic heterocycles. The van der Waals surface area contributed by atoms with Crippen molar-refractivity contribution in [1.29, 1.82) is 0 Å². The number of benzene rings is 1. The fourth-order valence-electron chi connectivity index (χ4n) is 3.77. The van der Waals surface area contributed by atoms with Crippen LogP contribution < -0.4 is 4.90 Å². The van der Waals surface area contributed by atoms with E-state index >= 15 is 0 Å². The molecule has 2 aromatic rings. The van der Waals surface area contributed by atoms with E-state index in [1.807, 2.05) is 43.0 Å². The largest absolute Gasteiger partial charge is 0.354 e. The number of nitrogens with zero attached hydrogens (tertiary/aromatic N) is 4. The summed E-state index contributed by atoms with van der Waals surface area (Å²) in [4.78, 5) is 24.9. The molecule has 0 N–H and O–H groups in total. The van der Waals surface area contributed by atoms with E-state index in [0.717, 1.165) is 73.5 Å². The Labute approximate surface area is 156 Å². The second-order valence-electron chi connectivity index (χ2n) is 6.93. The summed E-state index contributed by atoms with van der Waals surface area (Å²) < 4.78 is 0. The van der Waals surface area contributed by atoms with Gasteiger partial charge in [0.25, 0.3) is 5.91 Å². The number of piperazine rings is 1. The van der Waals surface area contributed by atoms with E-state index in [1.165, 1.54) is 0 Å². The highest BCUT2D eigenvalue weighted by Crippen LogP contribution is 2.31. The van der Waals surface area contributed by atoms with E-state index in [4.69, 9.17) is 4.98 Å². The average molecular weight is 354 g/mol. The first-order valence-electron chi connectivity index (χ1n) is 9.75. The first-order valence-corrected chi connectivity index (χ1v) is 9.75. The van der Waals surface area contributed by atoms with E-state index in [9.17, 15) is 4.79 Å². The molecule has 0 radical (unpaired) electrons. The van der Waals surface area contributed by atoms with Crippen LogP contribution in [-0.2, 0) is 6.42 Å². The number of aromatic nitrogens is 1. The van der Waals surface area contributed by atoms with Gasteiger partial charge in [-0.2, -0.15) is 0 Å². The number of rotatable bonds is 5. The summed E-state index contributed by atoms with van der Waals surface area (Å²) in [7, 11) is 2.15. The summed E-state index contributed by atoms with van der Waals surface area (Å²) in [6, 6.07) is 8.05. The van der Waals surface area contributed by atoms with Gasteiger partial charge in [-0.1, -0.05) is 25.1 Å². The summed E-state index contributed by atoms with van der Waals surface area (Å²) in [6.45, 7) is 11.6. The van der Waals surface area contributed by atoms with Crippen LogP contribution in [0.15, 0.2) is 24.3 Å². The van der Waals surface area contributed by atoms with Gasteiger partial charge in [0, 0.05) is 50.2 Å². The van der Waals surface area contributed by atoms with Crippen LogP contribution in [0.2, 0.25) is 0 Å². The third-order valence-electron chi connectivity index (χ3n) is 5.39. The van der Waals surface area contributed by atoms with E-state index in [-0.39, 0.29) is 5.91 Å². The molecule has 0 aliphatic carbocycles. The van der Waals surface area contributed by atoms with Crippen molar-refractivity contribution in [3.05, 3.63) is 35.4 Å². The van der Waals surface area contributed by atoms with Crippen molar-refractivity contribution < 1.29 is 4.79 Å². The Hall–Kier alpha value is -2.14. The molecule has 5 heteroatoms. The molecular formula is C21H30N4O. The predicted octanol–water partition coefficient (Wildman–Crippen LogP) is 3.03. The predicted molar refractivity (Wildman–Crippen MR) is 108 cm³/mol. The lowest BCUT2D eigenvalue weighted by Crippen LogP contribution is -2.45. The fourth-order valence-corrected chi connectivity index (χ4v) is 3.77. The normalized spacial score (nSPS) is 15.5. The van der Waals surface area contributed by atoms with Crippen LogP contribution in [0.5, 0.6) is 0 Å². The van der Waals surface area contributed by atoms with Crippen LogP contribution in [0.4, 0.5) is 5.82 Å². The third kappa shape index (κ3) is 3.40. The summed E-state index contributed by atoms with van der Waals surface area (Å²) in [5.41, 5.74) is 2.84. The topological polar surface area (TPSA) is 39.7 Å². The number of hydrogen-bond donors (Lipinski definition) is 0. The lowest BCUT2D eigenvalue weighted by molar-refractivity contribution is 0.0774. The molecule has 0 saturated carbocycles. The minimum atomic E-state index is 0.126. The molecule has 2 heterocycles. The van der Waals surface area contributed by atoms with Gasteiger partial charge in [-0.25, -0.2) is 4.98 Å². The van der Waals surface area contributed by atoms with Gasteiger partial charge in [0.1, 0.15) is 5.82 Å². The Kier molecular flexibility index (Phi) is 5.77. The van der Waals surface area contributed by atoms with E-state index in [1.54, 1.807) is 0 Å². The number of amides is 1. The van der Waals surface area contributed by atoms with Crippen molar-refractivity contribution in [2.45, 2.75) is 27.2 Å². The molecule has 0 atom stereocenters. The first kappa shape index (κ1) is 18.6. The van der Waals surface area contributed by atoms with E-state index < -0.39 is 0 Å². The van der Waals surface area contributed by atoms with Gasteiger partial charge in [0.15, 0.2) is 0 Å². The van der Waals surface area contributed by atoms with Crippen molar-refractivity contribution in [3.8, 4) is 0 Å². The van der Waals surface area contributed by atoms with Crippen LogP contribution in [0.1, 0.15) is 36.7 Å². The molecule has 1 saturated heterocycles. The zero-order valence-electron chi connectivity index (χ0n) is 16.5. The van der Waals surface area contributed by atoms with Gasteiger partial charge in [-0.3, -0.25) is 4.79 Å². The molecule has 5 nitrogen and oxygen atoms in total. The molecule has 0 unspecified atom stereocenters. The van der Waals surface area contributed by atoms with Crippen molar-refractivity contribution in [2.24, 2.45) is 0 Å². The third-order valence-corrected chi connectivity index (χ3v) is 5.39. The number of fused-ring (bicyclic) bond motifs is 1. The lowest BCUT2D eigenvalue weighted by Gasteiger charge is -2.35. The number of anilines is 1. The first-order chi connectivity index (χ1) is 12.6. The van der Waals surface area contributed by atoms with Gasteiger partial charge in [0.2, 0.25) is 0 Å². The Balaban J connectivity index is 2.18. The Morgan fingerprint density at radius 3 is 2.35 bits per heavy atom. The van der Waals surface area contributed by atoms with Gasteiger partial charge in [0.05, 0.1) is 11.1 Å². The number of pyridine rings is 1. The van der Waals surface area contributed by atoms with Gasteiger partial charge in [-0.05, 0) is 33.4 Å². The summed E-state index contributed by atoms with van der Waals surface area (Å²) >= 11 is 0. The molecular weight excluding hydrogens is 324 g/mol. The van der Waals surface area contributed by atoms with Crippen molar-refractivity contribution in [1.82, 2.24) is 14.8 Å². The maximum absolute atomic E-state index is 13.4. The maximum atomic E-state index is 13.4. The zero-order chi connectivity index (χ0) is 18.7. The zero-order valence-corrected chi connectivity index (χ0v) is 16.5. The fraction of sp³-hybridized carbons (Fsp3) is 0.524. The van der Waals surface area contributed by atoms with Crippen LogP contribution >= 0.6 is 0 Å². The van der Waals surface area contributed by atoms with Gasteiger partial charge >= 0.3 is 0 Å². The Morgan fingerprint density at radius 2 is 1.73 bits per heavy atom. The van der Waals surface area contributed by atoms with Gasteiger partial charge < -0.3 is 14.7 Å². The van der Waals surface area contributed by atoms with Crippen LogP contribution in [-0.4, -0.2) is 67.0 Å². The highest BCUT2D eigenvalue weighted by atomic mass is 16.2. The molecule has 3 rings (SSSR count). The molecule has 0 bridgehead atoms. The molecule has 26 heavy (non-hydrogen) atoms. The summed E-state index contributed by atoms with van der Waals surface area (Å²) in [6.07, 6.45) is 0.807. The molecule has 1 aromatic carbocycles. The summed E-state index contributed by atoms with van der Waals surface area (Å²) in [5, 5.41) is 0.971. The van der Waals surface area contributed by atoms with Crippen LogP contribution in [0, 0.1) is 0 Å². The number of carbonyl (C=O) groups is 1. The minimum absolute atomic E-state index is 0.126. The molecule has 1 aliphatic rings. The highest BCUT2D eigenvalue weighted by Gasteiger charge is 2.26. The monoisotopic (exact) mass is 354 g/mol. The van der Waals surface area contributed by atoms with Crippen molar-refractivity contribution in [2.75, 3.05) is 51.2 Å². The number of para-hydroxylation sites is 1. The molecule has 140 valence electrons. The SMILES string of the molecule is CCc1c(N2CCN(C)CC2)nc2ccccc2c1C(=O)N(CC)CC. The molecule has 1 aromatic heterocycles. The second-order valence-corrected chi connectivity index (χ2v) is 6.93. The minimum Gasteiger partial charge on any atom is -0.354 e. The summed E-state index contributed by atoms with van der Waals surface area (Å²) in [5.74, 6) is 1.12. The standard InChI is InChI=1S/C21H30N4O/c1-5-16-19(21(26)24(6-2)7-3)17-10-8-9-11-18(17)22-20(16)25-14-12-23(4)13-15-25/h8-11H,5-7,12-15H2,1-4H3. The lowest BCUT2D eigenvalue weighted by atomic mass is 9.98. The van der Waals surface area contributed by atoms with E-state index in [0.29, 0.717) is 0 Å². The smallest absolute Gasteiger partial charge is 0.254 e. The molecule has 1 fully saturated rings. The number of likely N-dealkylation sites (N-methyl/N-ethyl adjacent to an activating group) is 1. The van der Waals surface area contributed by atoms with E-state index in [2.05, 4.69) is 23.8 Å². The van der Waals surface area contributed by atoms with Crippen LogP contribution in [0.25, 0.3) is 10.9 Å². The quantitative estimate of drug-likeness (QED) is 0.827. The number of carbonyl (C=O) groups excluding carboxylic acids is 1. The Morgan fingerprint density at radius 1 is 1.08 bits per heavy atom. The van der Waals surface area contributed by atoms with Crippen molar-refractivity contribution in [3.63, 3.8) is 0 Å². The molecule has 0 spiro atoms. The second kappa shape index (κ2) is 8.04. The van der Waals surface area contributed by atoms with Gasteiger partial charge in [-0.15, -0.1) is 0 Å². The number of hydrogen-bond acceptors (Lipinski definition) is 4. The van der Waals surface area contributed by atoms with Crippen LogP contribution in [0.3, 0.4) is 0 Å². The Bertz CT molecular complexity index is 777. The molecule has 1 amide bonds. The van der Waals surface area contributed by atoms with Crippen molar-refractivity contribution >= 4 is 22.6 Å². The highest BCUT2D eigenvalue weighted by molar-refractivity contribution is 6.08. The maximum Gasteiger partial charge on any atom is 0.254 e. The average Bonchev–Trinajstić information content (AvgIpc) is 2.67.